The quantitative estimate of drug-likeness (QED) is 0.0649. The topological polar surface area (TPSA) is 123 Å². The van der Waals surface area contributed by atoms with E-state index < -0.39 is 10.9 Å². The van der Waals surface area contributed by atoms with Gasteiger partial charge in [0.1, 0.15) is 24.7 Å². The fourth-order valence-electron chi connectivity index (χ4n) is 3.83. The standard InChI is InChI=1S/C31H35NO9/c1-3-23(4-2)30(33)40-22-20-38-18-17-37-19-21-39-28-13-9-26(10-14-28)31(34)41-29-15-7-25(8-16-29)24-5-11-27(12-6-24)32(35)36/h5-16,23H,3-4,17-22H2,1-2H3. The van der Waals surface area contributed by atoms with E-state index >= 15 is 0 Å². The first-order valence-corrected chi connectivity index (χ1v) is 13.5. The molecular weight excluding hydrogens is 530 g/mol. The molecule has 0 heterocycles. The van der Waals surface area contributed by atoms with Gasteiger partial charge in [-0.25, -0.2) is 4.79 Å². The van der Waals surface area contributed by atoms with Crippen LogP contribution in [0.1, 0.15) is 37.0 Å². The molecule has 0 radical (unpaired) electrons. The lowest BCUT2D eigenvalue weighted by atomic mass is 10.0. The molecule has 0 aromatic heterocycles. The third-order valence-corrected chi connectivity index (χ3v) is 6.23. The van der Waals surface area contributed by atoms with Crippen LogP contribution in [0.5, 0.6) is 11.5 Å². The molecule has 0 saturated heterocycles. The average molecular weight is 566 g/mol. The Morgan fingerprint density at radius 2 is 1.22 bits per heavy atom. The predicted octanol–water partition coefficient (Wildman–Crippen LogP) is 5.87. The Balaban J connectivity index is 1.30. The zero-order valence-corrected chi connectivity index (χ0v) is 23.3. The van der Waals surface area contributed by atoms with E-state index in [1.807, 2.05) is 13.8 Å². The van der Waals surface area contributed by atoms with Crippen molar-refractivity contribution in [3.8, 4) is 22.6 Å². The highest BCUT2D eigenvalue weighted by molar-refractivity contribution is 5.91. The first-order valence-electron chi connectivity index (χ1n) is 13.5. The number of esters is 2. The summed E-state index contributed by atoms with van der Waals surface area (Å²) in [5, 5.41) is 10.8. The fourth-order valence-corrected chi connectivity index (χ4v) is 3.83. The molecule has 0 aliphatic rings. The zero-order chi connectivity index (χ0) is 29.5. The van der Waals surface area contributed by atoms with Crippen molar-refractivity contribution in [2.45, 2.75) is 26.7 Å². The summed E-state index contributed by atoms with van der Waals surface area (Å²) in [4.78, 5) is 34.7. The van der Waals surface area contributed by atoms with E-state index in [1.54, 1.807) is 60.7 Å². The highest BCUT2D eigenvalue weighted by atomic mass is 16.6. The molecule has 0 saturated carbocycles. The van der Waals surface area contributed by atoms with Gasteiger partial charge in [0.15, 0.2) is 0 Å². The van der Waals surface area contributed by atoms with Gasteiger partial charge in [-0.2, -0.15) is 0 Å². The van der Waals surface area contributed by atoms with Crippen molar-refractivity contribution in [1.29, 1.82) is 0 Å². The second-order valence-electron chi connectivity index (χ2n) is 9.00. The van der Waals surface area contributed by atoms with Crippen molar-refractivity contribution in [3.05, 3.63) is 88.5 Å². The highest BCUT2D eigenvalue weighted by Gasteiger charge is 2.15. The number of nitro benzene ring substituents is 1. The summed E-state index contributed by atoms with van der Waals surface area (Å²) in [7, 11) is 0. The average Bonchev–Trinajstić information content (AvgIpc) is 2.99. The number of hydrogen-bond donors (Lipinski definition) is 0. The Kier molecular flexibility index (Phi) is 12.8. The molecule has 10 heteroatoms. The summed E-state index contributed by atoms with van der Waals surface area (Å²) in [6.45, 7) is 5.98. The summed E-state index contributed by atoms with van der Waals surface area (Å²) >= 11 is 0. The van der Waals surface area contributed by atoms with E-state index in [0.29, 0.717) is 50.1 Å². The summed E-state index contributed by atoms with van der Waals surface area (Å²) in [5.74, 6) is 0.238. The number of hydrogen-bond acceptors (Lipinski definition) is 9. The van der Waals surface area contributed by atoms with E-state index in [9.17, 15) is 19.7 Å². The molecule has 0 fully saturated rings. The number of nitrogens with zero attached hydrogens (tertiary/aromatic N) is 1. The van der Waals surface area contributed by atoms with Crippen LogP contribution in [0.25, 0.3) is 11.1 Å². The molecule has 10 nitrogen and oxygen atoms in total. The van der Waals surface area contributed by atoms with Crippen LogP contribution in [0, 0.1) is 16.0 Å². The normalized spacial score (nSPS) is 10.8. The molecule has 0 N–H and O–H groups in total. The van der Waals surface area contributed by atoms with Crippen molar-refractivity contribution < 1.29 is 38.2 Å². The number of ether oxygens (including phenoxy) is 5. The molecule has 3 aromatic rings. The minimum Gasteiger partial charge on any atom is -0.491 e. The highest BCUT2D eigenvalue weighted by Crippen LogP contribution is 2.25. The van der Waals surface area contributed by atoms with Crippen LogP contribution < -0.4 is 9.47 Å². The van der Waals surface area contributed by atoms with Gasteiger partial charge in [0.2, 0.25) is 0 Å². The Labute approximate surface area is 239 Å². The van der Waals surface area contributed by atoms with E-state index in [0.717, 1.165) is 24.0 Å². The Morgan fingerprint density at radius 3 is 1.78 bits per heavy atom. The number of nitro groups is 1. The Bertz CT molecular complexity index is 1240. The predicted molar refractivity (Wildman–Crippen MR) is 152 cm³/mol. The SMILES string of the molecule is CCC(CC)C(=O)OCCOCCOCCOc1ccc(C(=O)Oc2ccc(-c3ccc([N+](=O)[O-])cc3)cc2)cc1. The molecule has 3 aromatic carbocycles. The van der Waals surface area contributed by atoms with Gasteiger partial charge in [-0.1, -0.05) is 26.0 Å². The zero-order valence-electron chi connectivity index (χ0n) is 23.3. The lowest BCUT2D eigenvalue weighted by Gasteiger charge is -2.12. The van der Waals surface area contributed by atoms with Crippen molar-refractivity contribution in [2.24, 2.45) is 5.92 Å². The third-order valence-electron chi connectivity index (χ3n) is 6.23. The second kappa shape index (κ2) is 16.7. The van der Waals surface area contributed by atoms with Gasteiger partial charge in [-0.05, 0) is 72.5 Å². The first-order chi connectivity index (χ1) is 19.9. The lowest BCUT2D eigenvalue weighted by Crippen LogP contribution is -2.19. The van der Waals surface area contributed by atoms with Gasteiger partial charge in [-0.15, -0.1) is 0 Å². The van der Waals surface area contributed by atoms with Crippen LogP contribution in [0.15, 0.2) is 72.8 Å². The molecule has 3 rings (SSSR count). The maximum atomic E-state index is 12.5. The van der Waals surface area contributed by atoms with E-state index in [2.05, 4.69) is 0 Å². The number of rotatable bonds is 17. The maximum Gasteiger partial charge on any atom is 0.343 e. The largest absolute Gasteiger partial charge is 0.491 e. The van der Waals surface area contributed by atoms with Crippen molar-refractivity contribution in [1.82, 2.24) is 0 Å². The smallest absolute Gasteiger partial charge is 0.343 e. The molecule has 0 aliphatic heterocycles. The van der Waals surface area contributed by atoms with Gasteiger partial charge in [0.25, 0.3) is 5.69 Å². The van der Waals surface area contributed by atoms with Crippen molar-refractivity contribution >= 4 is 17.6 Å². The fraction of sp³-hybridized carbons (Fsp3) is 0.355. The molecular formula is C31H35NO9. The van der Waals surface area contributed by atoms with Crippen LogP contribution in [0.2, 0.25) is 0 Å². The van der Waals surface area contributed by atoms with Crippen LogP contribution in [-0.4, -0.2) is 56.5 Å². The van der Waals surface area contributed by atoms with E-state index in [4.69, 9.17) is 23.7 Å². The minimum atomic E-state index is -0.506. The van der Waals surface area contributed by atoms with Crippen LogP contribution in [0.3, 0.4) is 0 Å². The molecule has 0 bridgehead atoms. The van der Waals surface area contributed by atoms with Crippen LogP contribution in [-0.2, 0) is 19.0 Å². The number of carbonyl (C=O) groups excluding carboxylic acids is 2. The van der Waals surface area contributed by atoms with Gasteiger partial charge in [0, 0.05) is 12.1 Å². The maximum absolute atomic E-state index is 12.5. The van der Waals surface area contributed by atoms with Gasteiger partial charge in [0.05, 0.1) is 42.8 Å². The summed E-state index contributed by atoms with van der Waals surface area (Å²) in [6.07, 6.45) is 1.54. The molecule has 0 unspecified atom stereocenters. The second-order valence-corrected chi connectivity index (χ2v) is 9.00. The van der Waals surface area contributed by atoms with Crippen LogP contribution >= 0.6 is 0 Å². The van der Waals surface area contributed by atoms with E-state index in [1.165, 1.54) is 12.1 Å². The molecule has 0 atom stereocenters. The molecule has 41 heavy (non-hydrogen) atoms. The number of carbonyl (C=O) groups is 2. The van der Waals surface area contributed by atoms with E-state index in [-0.39, 0.29) is 24.2 Å². The monoisotopic (exact) mass is 565 g/mol. The third kappa shape index (κ3) is 10.3. The minimum absolute atomic E-state index is 0.0238. The summed E-state index contributed by atoms with van der Waals surface area (Å²) < 4.78 is 27.2. The Hall–Kier alpha value is -4.28. The summed E-state index contributed by atoms with van der Waals surface area (Å²) in [5.41, 5.74) is 2.05. The first kappa shape index (κ1) is 31.3. The van der Waals surface area contributed by atoms with Crippen LogP contribution in [0.4, 0.5) is 5.69 Å². The molecule has 0 aliphatic carbocycles. The van der Waals surface area contributed by atoms with Gasteiger partial charge < -0.3 is 23.7 Å². The van der Waals surface area contributed by atoms with Gasteiger partial charge in [-0.3, -0.25) is 14.9 Å². The number of benzene rings is 3. The summed E-state index contributed by atoms with van der Waals surface area (Å²) in [6, 6.07) is 19.7. The van der Waals surface area contributed by atoms with Crippen molar-refractivity contribution in [3.63, 3.8) is 0 Å². The Morgan fingerprint density at radius 1 is 0.707 bits per heavy atom. The van der Waals surface area contributed by atoms with Crippen molar-refractivity contribution in [2.75, 3.05) is 39.6 Å². The van der Waals surface area contributed by atoms with Gasteiger partial charge >= 0.3 is 11.9 Å². The molecule has 0 spiro atoms. The lowest BCUT2D eigenvalue weighted by molar-refractivity contribution is -0.384. The molecule has 218 valence electrons. The number of non-ortho nitro benzene ring substituents is 1. The molecule has 0 amide bonds.